The Morgan fingerprint density at radius 2 is 2.04 bits per heavy atom. The number of piperidine rings is 1. The SMILES string of the molecule is CC(CCNC(=O)OC(C)(C)C)N1CCC(NCc2cccc(Cl)c2)CC1. The van der Waals surface area contributed by atoms with Gasteiger partial charge in [0.05, 0.1) is 0 Å². The zero-order valence-corrected chi connectivity index (χ0v) is 17.8. The summed E-state index contributed by atoms with van der Waals surface area (Å²) in [4.78, 5) is 14.2. The lowest BCUT2D eigenvalue weighted by atomic mass is 10.0. The second-order valence-electron chi connectivity index (χ2n) is 8.39. The summed E-state index contributed by atoms with van der Waals surface area (Å²) in [7, 11) is 0. The van der Waals surface area contributed by atoms with Crippen molar-refractivity contribution < 1.29 is 9.53 Å². The Morgan fingerprint density at radius 1 is 1.33 bits per heavy atom. The normalized spacial score (nSPS) is 17.5. The van der Waals surface area contributed by atoms with E-state index in [9.17, 15) is 4.79 Å². The minimum atomic E-state index is -0.449. The number of nitrogens with zero attached hydrogens (tertiary/aromatic N) is 1. The number of hydrogen-bond donors (Lipinski definition) is 2. The van der Waals surface area contributed by atoms with Crippen molar-refractivity contribution in [2.24, 2.45) is 0 Å². The minimum absolute atomic E-state index is 0.335. The maximum Gasteiger partial charge on any atom is 0.407 e. The number of benzene rings is 1. The van der Waals surface area contributed by atoms with Crippen molar-refractivity contribution in [2.75, 3.05) is 19.6 Å². The first kappa shape index (κ1) is 22.0. The predicted octanol–water partition coefficient (Wildman–Crippen LogP) is 4.20. The molecule has 5 nitrogen and oxygen atoms in total. The van der Waals surface area contributed by atoms with E-state index >= 15 is 0 Å². The van der Waals surface area contributed by atoms with Crippen LogP contribution in [0.2, 0.25) is 5.02 Å². The minimum Gasteiger partial charge on any atom is -0.444 e. The molecule has 27 heavy (non-hydrogen) atoms. The molecule has 0 spiro atoms. The summed E-state index contributed by atoms with van der Waals surface area (Å²) in [5.41, 5.74) is 0.780. The number of amides is 1. The van der Waals surface area contributed by atoms with E-state index in [1.165, 1.54) is 5.56 Å². The van der Waals surface area contributed by atoms with E-state index in [4.69, 9.17) is 16.3 Å². The van der Waals surface area contributed by atoms with Crippen LogP contribution < -0.4 is 10.6 Å². The van der Waals surface area contributed by atoms with Crippen molar-refractivity contribution in [1.29, 1.82) is 0 Å². The van der Waals surface area contributed by atoms with Crippen LogP contribution in [0.5, 0.6) is 0 Å². The molecule has 0 saturated carbocycles. The van der Waals surface area contributed by atoms with E-state index in [2.05, 4.69) is 28.5 Å². The largest absolute Gasteiger partial charge is 0.444 e. The molecule has 0 aromatic heterocycles. The van der Waals surface area contributed by atoms with Gasteiger partial charge < -0.3 is 20.3 Å². The van der Waals surface area contributed by atoms with E-state index in [-0.39, 0.29) is 6.09 Å². The fourth-order valence-corrected chi connectivity index (χ4v) is 3.55. The first-order valence-electron chi connectivity index (χ1n) is 9.91. The van der Waals surface area contributed by atoms with Gasteiger partial charge in [-0.2, -0.15) is 0 Å². The summed E-state index contributed by atoms with van der Waals surface area (Å²) in [6.07, 6.45) is 2.88. The number of halogens is 1. The van der Waals surface area contributed by atoms with Crippen molar-refractivity contribution in [1.82, 2.24) is 15.5 Å². The maximum atomic E-state index is 11.7. The standard InChI is InChI=1S/C21H34ClN3O2/c1-16(8-11-23-20(26)27-21(2,3)4)25-12-9-19(10-13-25)24-15-17-6-5-7-18(22)14-17/h5-7,14,16,19,24H,8-13,15H2,1-4H3,(H,23,26). The van der Waals surface area contributed by atoms with Gasteiger partial charge in [-0.05, 0) is 77.7 Å². The van der Waals surface area contributed by atoms with E-state index in [0.717, 1.165) is 43.9 Å². The van der Waals surface area contributed by atoms with Crippen molar-refractivity contribution >= 4 is 17.7 Å². The van der Waals surface area contributed by atoms with Gasteiger partial charge in [0.25, 0.3) is 0 Å². The van der Waals surface area contributed by atoms with Crippen molar-refractivity contribution in [3.8, 4) is 0 Å². The van der Waals surface area contributed by atoms with Crippen LogP contribution in [-0.4, -0.2) is 48.3 Å². The fourth-order valence-electron chi connectivity index (χ4n) is 3.33. The molecule has 6 heteroatoms. The molecule has 1 aromatic carbocycles. The van der Waals surface area contributed by atoms with Gasteiger partial charge in [0.2, 0.25) is 0 Å². The van der Waals surface area contributed by atoms with Gasteiger partial charge in [-0.1, -0.05) is 23.7 Å². The van der Waals surface area contributed by atoms with Crippen molar-refractivity contribution in [3.05, 3.63) is 34.9 Å². The highest BCUT2D eigenvalue weighted by molar-refractivity contribution is 6.30. The molecule has 1 unspecified atom stereocenters. The summed E-state index contributed by atoms with van der Waals surface area (Å²) in [6.45, 7) is 11.5. The molecule has 0 bridgehead atoms. The van der Waals surface area contributed by atoms with Gasteiger partial charge in [0.1, 0.15) is 5.60 Å². The topological polar surface area (TPSA) is 53.6 Å². The first-order valence-corrected chi connectivity index (χ1v) is 10.3. The highest BCUT2D eigenvalue weighted by Crippen LogP contribution is 2.16. The monoisotopic (exact) mass is 395 g/mol. The number of nitrogens with one attached hydrogen (secondary N) is 2. The zero-order valence-electron chi connectivity index (χ0n) is 17.1. The van der Waals surface area contributed by atoms with Crippen molar-refractivity contribution in [2.45, 2.75) is 71.2 Å². The van der Waals surface area contributed by atoms with Crippen LogP contribution in [-0.2, 0) is 11.3 Å². The average Bonchev–Trinajstić information content (AvgIpc) is 2.59. The van der Waals surface area contributed by atoms with E-state index in [1.807, 2.05) is 39.0 Å². The Hall–Kier alpha value is -1.30. The van der Waals surface area contributed by atoms with Gasteiger partial charge in [-0.25, -0.2) is 4.79 Å². The third-order valence-corrected chi connectivity index (χ3v) is 5.10. The van der Waals surface area contributed by atoms with E-state index in [1.54, 1.807) is 0 Å². The summed E-state index contributed by atoms with van der Waals surface area (Å²) in [5, 5.41) is 7.29. The van der Waals surface area contributed by atoms with E-state index in [0.29, 0.717) is 18.6 Å². The van der Waals surface area contributed by atoms with Gasteiger partial charge in [0, 0.05) is 30.2 Å². The van der Waals surface area contributed by atoms with Gasteiger partial charge in [-0.3, -0.25) is 0 Å². The molecule has 2 N–H and O–H groups in total. The van der Waals surface area contributed by atoms with Gasteiger partial charge in [-0.15, -0.1) is 0 Å². The zero-order chi connectivity index (χ0) is 19.9. The Kier molecular flexibility index (Phi) is 8.39. The van der Waals surface area contributed by atoms with Crippen LogP contribution in [0.3, 0.4) is 0 Å². The first-order chi connectivity index (χ1) is 12.7. The second-order valence-corrected chi connectivity index (χ2v) is 8.82. The van der Waals surface area contributed by atoms with Crippen LogP contribution in [0.15, 0.2) is 24.3 Å². The number of alkyl carbamates (subject to hydrolysis) is 1. The smallest absolute Gasteiger partial charge is 0.407 e. The molecule has 1 fully saturated rings. The average molecular weight is 396 g/mol. The molecule has 1 amide bonds. The molecule has 1 atom stereocenters. The quantitative estimate of drug-likeness (QED) is 0.726. The van der Waals surface area contributed by atoms with Crippen molar-refractivity contribution in [3.63, 3.8) is 0 Å². The number of likely N-dealkylation sites (tertiary alicyclic amines) is 1. The van der Waals surface area contributed by atoms with Gasteiger partial charge >= 0.3 is 6.09 Å². The Morgan fingerprint density at radius 3 is 2.67 bits per heavy atom. The van der Waals surface area contributed by atoms with Crippen LogP contribution in [0.1, 0.15) is 52.5 Å². The molecule has 2 rings (SSSR count). The lowest BCUT2D eigenvalue weighted by molar-refractivity contribution is 0.0520. The molecule has 1 saturated heterocycles. The summed E-state index contributed by atoms with van der Waals surface area (Å²) < 4.78 is 5.27. The number of hydrogen-bond acceptors (Lipinski definition) is 4. The molecule has 0 aliphatic carbocycles. The number of rotatable bonds is 7. The van der Waals surface area contributed by atoms with Gasteiger partial charge in [0.15, 0.2) is 0 Å². The lowest BCUT2D eigenvalue weighted by Gasteiger charge is -2.36. The lowest BCUT2D eigenvalue weighted by Crippen LogP contribution is -2.46. The molecular weight excluding hydrogens is 362 g/mol. The molecular formula is C21H34ClN3O2. The van der Waals surface area contributed by atoms with Crippen LogP contribution in [0.4, 0.5) is 4.79 Å². The Balaban J connectivity index is 1.62. The molecule has 152 valence electrons. The molecule has 1 aromatic rings. The predicted molar refractivity (Wildman–Crippen MR) is 111 cm³/mol. The number of ether oxygens (including phenoxy) is 1. The second kappa shape index (κ2) is 10.3. The highest BCUT2D eigenvalue weighted by atomic mass is 35.5. The van der Waals surface area contributed by atoms with Crippen LogP contribution in [0.25, 0.3) is 0 Å². The summed E-state index contributed by atoms with van der Waals surface area (Å²) in [5.74, 6) is 0. The molecule has 1 heterocycles. The number of carbonyl (C=O) groups is 1. The third kappa shape index (κ3) is 8.50. The van der Waals surface area contributed by atoms with Crippen LogP contribution in [0, 0.1) is 0 Å². The van der Waals surface area contributed by atoms with Crippen LogP contribution >= 0.6 is 11.6 Å². The molecule has 1 aliphatic rings. The van der Waals surface area contributed by atoms with E-state index < -0.39 is 5.60 Å². The summed E-state index contributed by atoms with van der Waals surface area (Å²) in [6, 6.07) is 9.02. The fraction of sp³-hybridized carbons (Fsp3) is 0.667. The Labute approximate surface area is 168 Å². The number of carbonyl (C=O) groups excluding carboxylic acids is 1. The molecule has 1 aliphatic heterocycles. The highest BCUT2D eigenvalue weighted by Gasteiger charge is 2.22. The third-order valence-electron chi connectivity index (χ3n) is 4.87. The Bertz CT molecular complexity index is 595. The molecule has 0 radical (unpaired) electrons. The summed E-state index contributed by atoms with van der Waals surface area (Å²) >= 11 is 6.04. The maximum absolute atomic E-state index is 11.7.